The van der Waals surface area contributed by atoms with Crippen LogP contribution in [0.15, 0.2) is 42.6 Å². The highest BCUT2D eigenvalue weighted by Crippen LogP contribution is 2.29. The Morgan fingerprint density at radius 2 is 1.89 bits per heavy atom. The van der Waals surface area contributed by atoms with Gasteiger partial charge in [-0.2, -0.15) is 0 Å². The van der Waals surface area contributed by atoms with Crippen LogP contribution in [0.2, 0.25) is 5.02 Å². The third-order valence-corrected chi connectivity index (χ3v) is 6.75. The average Bonchev–Trinajstić information content (AvgIpc) is 3.45. The highest BCUT2D eigenvalue weighted by atomic mass is 35.5. The maximum absolute atomic E-state index is 14.6. The number of Topliss-reactive ketones (excluding diaryl/α,β-unsaturated/α-hetero) is 1. The van der Waals surface area contributed by atoms with Crippen molar-refractivity contribution in [3.05, 3.63) is 64.6 Å². The number of carbonyl (C=O) groups is 4. The molecule has 2 heterocycles. The number of benzene rings is 2. The molecular formula is C26H26ClF2N5O4. The molecule has 2 atom stereocenters. The van der Waals surface area contributed by atoms with Crippen LogP contribution in [0.25, 0.3) is 10.9 Å². The van der Waals surface area contributed by atoms with Crippen molar-refractivity contribution in [3.8, 4) is 0 Å². The Kier molecular flexibility index (Phi) is 7.68. The fourth-order valence-electron chi connectivity index (χ4n) is 4.60. The van der Waals surface area contributed by atoms with Crippen LogP contribution in [0.1, 0.15) is 28.8 Å². The Balaban J connectivity index is 1.50. The van der Waals surface area contributed by atoms with Crippen LogP contribution in [0.3, 0.4) is 0 Å². The first-order valence-corrected chi connectivity index (χ1v) is 12.2. The van der Waals surface area contributed by atoms with Crippen molar-refractivity contribution in [2.75, 3.05) is 26.0 Å². The number of anilines is 1. The summed E-state index contributed by atoms with van der Waals surface area (Å²) in [6.45, 7) is -0.302. The third-order valence-electron chi connectivity index (χ3n) is 6.47. The van der Waals surface area contributed by atoms with Gasteiger partial charge in [0.25, 0.3) is 5.91 Å². The van der Waals surface area contributed by atoms with Gasteiger partial charge in [0.15, 0.2) is 5.78 Å². The van der Waals surface area contributed by atoms with E-state index in [0.29, 0.717) is 10.9 Å². The summed E-state index contributed by atoms with van der Waals surface area (Å²) < 4.78 is 30.2. The minimum absolute atomic E-state index is 0.0705. The third kappa shape index (κ3) is 5.33. The first-order valence-electron chi connectivity index (χ1n) is 11.8. The molecule has 1 aromatic heterocycles. The highest BCUT2D eigenvalue weighted by molar-refractivity contribution is 6.31. The number of urea groups is 1. The van der Waals surface area contributed by atoms with E-state index in [9.17, 15) is 28.0 Å². The van der Waals surface area contributed by atoms with Crippen molar-refractivity contribution in [3.63, 3.8) is 0 Å². The zero-order valence-electron chi connectivity index (χ0n) is 20.7. The second-order valence-corrected chi connectivity index (χ2v) is 9.70. The number of aryl methyl sites for hydroxylation is 1. The van der Waals surface area contributed by atoms with E-state index in [1.165, 1.54) is 27.8 Å². The number of hydrogen-bond acceptors (Lipinski definition) is 4. The molecule has 0 radical (unpaired) electrons. The Bertz CT molecular complexity index is 1440. The number of alkyl halides is 1. The van der Waals surface area contributed by atoms with Crippen molar-refractivity contribution < 1.29 is 28.0 Å². The molecule has 1 fully saturated rings. The quantitative estimate of drug-likeness (QED) is 0.482. The monoisotopic (exact) mass is 545 g/mol. The lowest BCUT2D eigenvalue weighted by Crippen LogP contribution is -2.43. The second-order valence-electron chi connectivity index (χ2n) is 9.30. The molecule has 0 bridgehead atoms. The number of carbonyl (C=O) groups excluding carboxylic acids is 4. The number of primary amides is 1. The minimum atomic E-state index is -1.42. The SMILES string of the molecule is CN(C)C(=O)c1cc(Cl)c(F)c(CCC(=O)[C@@H]2C[C@@H](F)CN2C(=O)Nc2cn(C(N)=O)c3ccccc23)c1. The highest BCUT2D eigenvalue weighted by Gasteiger charge is 2.39. The Hall–Kier alpha value is -3.99. The molecule has 2 aromatic carbocycles. The van der Waals surface area contributed by atoms with Gasteiger partial charge in [0, 0.05) is 44.1 Å². The molecule has 38 heavy (non-hydrogen) atoms. The van der Waals surface area contributed by atoms with Crippen LogP contribution < -0.4 is 11.1 Å². The summed E-state index contributed by atoms with van der Waals surface area (Å²) in [6, 6.07) is 6.78. The molecule has 0 spiro atoms. The van der Waals surface area contributed by atoms with Crippen molar-refractivity contribution >= 4 is 51.9 Å². The number of aromatic nitrogens is 1. The van der Waals surface area contributed by atoms with E-state index in [-0.39, 0.29) is 53.6 Å². The van der Waals surface area contributed by atoms with Gasteiger partial charge in [-0.05, 0) is 30.2 Å². The van der Waals surface area contributed by atoms with E-state index < -0.39 is 35.9 Å². The van der Waals surface area contributed by atoms with Gasteiger partial charge in [-0.3, -0.25) is 14.2 Å². The summed E-state index contributed by atoms with van der Waals surface area (Å²) in [7, 11) is 3.09. The van der Waals surface area contributed by atoms with E-state index in [1.807, 2.05) is 0 Å². The van der Waals surface area contributed by atoms with Gasteiger partial charge in [0.2, 0.25) is 0 Å². The first-order chi connectivity index (χ1) is 18.0. The van der Waals surface area contributed by atoms with Crippen molar-refractivity contribution in [1.82, 2.24) is 14.4 Å². The fraction of sp³-hybridized carbons (Fsp3) is 0.308. The molecule has 3 aromatic rings. The van der Waals surface area contributed by atoms with Gasteiger partial charge in [0.1, 0.15) is 12.0 Å². The predicted octanol–water partition coefficient (Wildman–Crippen LogP) is 4.21. The van der Waals surface area contributed by atoms with E-state index in [4.69, 9.17) is 17.3 Å². The summed E-state index contributed by atoms with van der Waals surface area (Å²) >= 11 is 5.96. The van der Waals surface area contributed by atoms with Gasteiger partial charge < -0.3 is 20.9 Å². The van der Waals surface area contributed by atoms with Crippen LogP contribution in [0.4, 0.5) is 24.1 Å². The van der Waals surface area contributed by atoms with Crippen LogP contribution in [-0.2, 0) is 11.2 Å². The van der Waals surface area contributed by atoms with Crippen molar-refractivity contribution in [2.45, 2.75) is 31.5 Å². The number of halogens is 3. The number of ketones is 1. The Morgan fingerprint density at radius 1 is 1.18 bits per heavy atom. The zero-order valence-corrected chi connectivity index (χ0v) is 21.5. The molecular weight excluding hydrogens is 520 g/mol. The topological polar surface area (TPSA) is 118 Å². The van der Waals surface area contributed by atoms with Gasteiger partial charge in [0.05, 0.1) is 28.8 Å². The number of nitrogens with zero attached hydrogens (tertiary/aromatic N) is 3. The number of rotatable bonds is 6. The maximum atomic E-state index is 14.6. The summed E-state index contributed by atoms with van der Waals surface area (Å²) in [5.41, 5.74) is 6.41. The fourth-order valence-corrected chi connectivity index (χ4v) is 4.84. The summed E-state index contributed by atoms with van der Waals surface area (Å²) in [4.78, 5) is 52.7. The number of hydrogen-bond donors (Lipinski definition) is 2. The summed E-state index contributed by atoms with van der Waals surface area (Å²) in [6.07, 6.45) is -0.547. The van der Waals surface area contributed by atoms with E-state index in [1.54, 1.807) is 38.4 Å². The van der Waals surface area contributed by atoms with Crippen molar-refractivity contribution in [2.24, 2.45) is 5.73 Å². The lowest BCUT2D eigenvalue weighted by atomic mass is 9.99. The lowest BCUT2D eigenvalue weighted by molar-refractivity contribution is -0.122. The number of nitrogens with one attached hydrogen (secondary N) is 1. The van der Waals surface area contributed by atoms with E-state index in [0.717, 1.165) is 4.90 Å². The molecule has 1 aliphatic heterocycles. The standard InChI is InChI=1S/C26H26ClF2N5O4/c1-32(2)24(36)15-9-14(23(29)18(27)10-15)7-8-22(35)21-11-16(28)12-34(21)26(38)31-19-13-33(25(30)37)20-6-4-3-5-17(19)20/h3-6,9-10,13,16,21H,7-8,11-12H2,1-2H3,(H2,30,37)(H,31,38)/t16-,21+/m1/s1. The number of amides is 4. The van der Waals surface area contributed by atoms with Crippen LogP contribution in [0, 0.1) is 5.82 Å². The van der Waals surface area contributed by atoms with Gasteiger partial charge in [-0.25, -0.2) is 18.4 Å². The molecule has 1 aliphatic rings. The molecule has 0 saturated carbocycles. The smallest absolute Gasteiger partial charge is 0.323 e. The molecule has 1 saturated heterocycles. The van der Waals surface area contributed by atoms with Crippen LogP contribution >= 0.6 is 11.6 Å². The van der Waals surface area contributed by atoms with Gasteiger partial charge >= 0.3 is 12.1 Å². The molecule has 3 N–H and O–H groups in total. The lowest BCUT2D eigenvalue weighted by Gasteiger charge is -2.23. The number of nitrogens with two attached hydrogens (primary N) is 1. The summed E-state index contributed by atoms with van der Waals surface area (Å²) in [5, 5.41) is 2.94. The Morgan fingerprint density at radius 3 is 2.58 bits per heavy atom. The molecule has 12 heteroatoms. The predicted molar refractivity (Wildman–Crippen MR) is 139 cm³/mol. The molecule has 9 nitrogen and oxygen atoms in total. The van der Waals surface area contributed by atoms with Gasteiger partial charge in [-0.1, -0.05) is 29.8 Å². The molecule has 4 amide bonds. The van der Waals surface area contributed by atoms with Crippen LogP contribution in [0.5, 0.6) is 0 Å². The molecule has 4 rings (SSSR count). The largest absolute Gasteiger partial charge is 0.351 e. The number of para-hydroxylation sites is 1. The van der Waals surface area contributed by atoms with E-state index in [2.05, 4.69) is 5.32 Å². The van der Waals surface area contributed by atoms with Crippen molar-refractivity contribution in [1.29, 1.82) is 0 Å². The zero-order chi connectivity index (χ0) is 27.7. The first kappa shape index (κ1) is 27.1. The normalized spacial score (nSPS) is 17.0. The van der Waals surface area contributed by atoms with Crippen LogP contribution in [-0.4, -0.2) is 71.0 Å². The maximum Gasteiger partial charge on any atom is 0.323 e. The van der Waals surface area contributed by atoms with Gasteiger partial charge in [-0.15, -0.1) is 0 Å². The summed E-state index contributed by atoms with van der Waals surface area (Å²) in [5.74, 6) is -1.58. The average molecular weight is 546 g/mol. The number of fused-ring (bicyclic) bond motifs is 1. The van der Waals surface area contributed by atoms with E-state index >= 15 is 0 Å². The Labute approximate surface area is 222 Å². The molecule has 200 valence electrons. The second kappa shape index (κ2) is 10.8. The molecule has 0 unspecified atom stereocenters. The molecule has 0 aliphatic carbocycles. The number of likely N-dealkylation sites (tertiary alicyclic amines) is 1. The minimum Gasteiger partial charge on any atom is -0.351 e.